The molecule has 8 heteroatoms. The van der Waals surface area contributed by atoms with Gasteiger partial charge in [-0.2, -0.15) is 0 Å². The third-order valence-electron chi connectivity index (χ3n) is 4.54. The number of halogens is 2. The fourth-order valence-electron chi connectivity index (χ4n) is 3.22. The second-order valence-corrected chi connectivity index (χ2v) is 7.20. The van der Waals surface area contributed by atoms with Crippen molar-refractivity contribution in [1.82, 2.24) is 19.9 Å². The summed E-state index contributed by atoms with van der Waals surface area (Å²) >= 11 is 3.47. The highest BCUT2D eigenvalue weighted by Crippen LogP contribution is 2.29. The maximum Gasteiger partial charge on any atom is 0.319 e. The standard InChI is InChI=1S/C20H17BrFN5O/c1-27-11-12(14-3-2-13(22)10-17(14)27)6-7-25-20(28)26-15-4-5-16-19(18(15)21)24-9-8-23-16/h2-5,8-11H,6-7H2,1H3,(H2,25,26,28). The van der Waals surface area contributed by atoms with Crippen LogP contribution >= 0.6 is 15.9 Å². The number of hydrogen-bond acceptors (Lipinski definition) is 3. The highest BCUT2D eigenvalue weighted by Gasteiger charge is 2.11. The molecule has 6 nitrogen and oxygen atoms in total. The number of nitrogens with one attached hydrogen (secondary N) is 2. The number of carbonyl (C=O) groups excluding carboxylic acids is 1. The van der Waals surface area contributed by atoms with Crippen LogP contribution in [-0.2, 0) is 13.5 Å². The third-order valence-corrected chi connectivity index (χ3v) is 5.34. The van der Waals surface area contributed by atoms with E-state index in [2.05, 4.69) is 36.5 Å². The molecule has 0 atom stereocenters. The van der Waals surface area contributed by atoms with E-state index in [9.17, 15) is 9.18 Å². The van der Waals surface area contributed by atoms with Gasteiger partial charge in [0.25, 0.3) is 0 Å². The van der Waals surface area contributed by atoms with Crippen molar-refractivity contribution in [3.63, 3.8) is 0 Å². The molecule has 0 aliphatic heterocycles. The van der Waals surface area contributed by atoms with Crippen molar-refractivity contribution in [3.8, 4) is 0 Å². The number of hydrogen-bond donors (Lipinski definition) is 2. The van der Waals surface area contributed by atoms with Crippen LogP contribution in [0.1, 0.15) is 5.56 Å². The Bertz CT molecular complexity index is 1190. The minimum absolute atomic E-state index is 0.261. The van der Waals surface area contributed by atoms with Gasteiger partial charge in [0.1, 0.15) is 11.3 Å². The molecule has 2 N–H and O–H groups in total. The molecule has 4 aromatic rings. The zero-order valence-corrected chi connectivity index (χ0v) is 16.6. The minimum Gasteiger partial charge on any atom is -0.350 e. The van der Waals surface area contributed by atoms with Gasteiger partial charge in [-0.3, -0.25) is 9.97 Å². The summed E-state index contributed by atoms with van der Waals surface area (Å²) in [6, 6.07) is 8.01. The number of anilines is 1. The number of fused-ring (bicyclic) bond motifs is 2. The van der Waals surface area contributed by atoms with Gasteiger partial charge >= 0.3 is 6.03 Å². The van der Waals surface area contributed by atoms with Crippen LogP contribution in [0.25, 0.3) is 21.9 Å². The van der Waals surface area contributed by atoms with Gasteiger partial charge in [-0.05, 0) is 58.2 Å². The fraction of sp³-hybridized carbons (Fsp3) is 0.150. The molecule has 0 saturated carbocycles. The van der Waals surface area contributed by atoms with Crippen LogP contribution in [0.3, 0.4) is 0 Å². The van der Waals surface area contributed by atoms with E-state index in [0.29, 0.717) is 28.6 Å². The van der Waals surface area contributed by atoms with Crippen LogP contribution in [0.15, 0.2) is 53.4 Å². The summed E-state index contributed by atoms with van der Waals surface area (Å²) in [5.74, 6) is -0.261. The van der Waals surface area contributed by atoms with Crippen molar-refractivity contribution in [2.45, 2.75) is 6.42 Å². The van der Waals surface area contributed by atoms with Gasteiger partial charge in [0.05, 0.1) is 21.2 Å². The fourth-order valence-corrected chi connectivity index (χ4v) is 3.75. The Balaban J connectivity index is 1.41. The van der Waals surface area contributed by atoms with Gasteiger partial charge in [-0.15, -0.1) is 0 Å². The number of carbonyl (C=O) groups is 1. The number of benzene rings is 2. The molecule has 0 unspecified atom stereocenters. The highest BCUT2D eigenvalue weighted by atomic mass is 79.9. The van der Waals surface area contributed by atoms with Gasteiger partial charge in [0.2, 0.25) is 0 Å². The first kappa shape index (κ1) is 18.4. The summed E-state index contributed by atoms with van der Waals surface area (Å²) in [5.41, 5.74) is 3.93. The first-order valence-corrected chi connectivity index (χ1v) is 9.50. The lowest BCUT2D eigenvalue weighted by molar-refractivity contribution is 0.252. The quantitative estimate of drug-likeness (QED) is 0.493. The van der Waals surface area contributed by atoms with E-state index in [4.69, 9.17) is 0 Å². The molecular formula is C20H17BrFN5O. The van der Waals surface area contributed by atoms with Gasteiger partial charge in [-0.1, -0.05) is 0 Å². The molecule has 0 fully saturated rings. The molecule has 0 saturated heterocycles. The first-order valence-electron chi connectivity index (χ1n) is 8.70. The molecule has 0 radical (unpaired) electrons. The summed E-state index contributed by atoms with van der Waals surface area (Å²) in [6.45, 7) is 0.452. The predicted octanol–water partition coefficient (Wildman–Crippen LogP) is 4.39. The Morgan fingerprint density at radius 1 is 1.21 bits per heavy atom. The van der Waals surface area contributed by atoms with E-state index in [-0.39, 0.29) is 11.8 Å². The molecular weight excluding hydrogens is 425 g/mol. The van der Waals surface area contributed by atoms with Crippen LogP contribution < -0.4 is 10.6 Å². The third kappa shape index (κ3) is 3.55. The van der Waals surface area contributed by atoms with Gasteiger partial charge in [0.15, 0.2) is 0 Å². The van der Waals surface area contributed by atoms with E-state index in [1.165, 1.54) is 12.1 Å². The zero-order valence-electron chi connectivity index (χ0n) is 15.0. The van der Waals surface area contributed by atoms with Crippen molar-refractivity contribution < 1.29 is 9.18 Å². The second-order valence-electron chi connectivity index (χ2n) is 6.41. The molecule has 2 aromatic carbocycles. The van der Waals surface area contributed by atoms with Crippen LogP contribution in [0.2, 0.25) is 0 Å². The van der Waals surface area contributed by atoms with Crippen molar-refractivity contribution in [1.29, 1.82) is 0 Å². The van der Waals surface area contributed by atoms with E-state index in [0.717, 1.165) is 22.0 Å². The lowest BCUT2D eigenvalue weighted by atomic mass is 10.1. The van der Waals surface area contributed by atoms with Gasteiger partial charge in [0, 0.05) is 37.6 Å². The Hall–Kier alpha value is -3.00. The topological polar surface area (TPSA) is 71.8 Å². The van der Waals surface area contributed by atoms with Crippen LogP contribution in [-0.4, -0.2) is 27.1 Å². The predicted molar refractivity (Wildman–Crippen MR) is 111 cm³/mol. The van der Waals surface area contributed by atoms with E-state index >= 15 is 0 Å². The summed E-state index contributed by atoms with van der Waals surface area (Å²) in [5, 5.41) is 6.66. The Kier molecular flexibility index (Phi) is 4.95. The van der Waals surface area contributed by atoms with E-state index in [1.54, 1.807) is 30.6 Å². The Morgan fingerprint density at radius 3 is 2.89 bits per heavy atom. The summed E-state index contributed by atoms with van der Waals surface area (Å²) in [4.78, 5) is 20.8. The summed E-state index contributed by atoms with van der Waals surface area (Å²) in [6.07, 6.45) is 5.83. The molecule has 28 heavy (non-hydrogen) atoms. The average Bonchev–Trinajstić information content (AvgIpc) is 2.99. The first-order chi connectivity index (χ1) is 13.5. The molecule has 2 amide bonds. The molecule has 0 bridgehead atoms. The molecule has 0 aliphatic rings. The number of urea groups is 1. The summed E-state index contributed by atoms with van der Waals surface area (Å²) in [7, 11) is 1.88. The molecule has 4 rings (SSSR count). The number of aryl methyl sites for hydroxylation is 1. The largest absolute Gasteiger partial charge is 0.350 e. The minimum atomic E-state index is -0.310. The smallest absolute Gasteiger partial charge is 0.319 e. The van der Waals surface area contributed by atoms with Crippen molar-refractivity contribution >= 4 is 49.6 Å². The average molecular weight is 442 g/mol. The van der Waals surface area contributed by atoms with Crippen LogP contribution in [0.5, 0.6) is 0 Å². The monoisotopic (exact) mass is 441 g/mol. The molecule has 142 valence electrons. The zero-order chi connectivity index (χ0) is 19.7. The van der Waals surface area contributed by atoms with Gasteiger partial charge in [-0.25, -0.2) is 9.18 Å². The van der Waals surface area contributed by atoms with Crippen molar-refractivity contribution in [2.24, 2.45) is 7.05 Å². The van der Waals surface area contributed by atoms with Crippen LogP contribution in [0.4, 0.5) is 14.9 Å². The number of amides is 2. The number of aromatic nitrogens is 3. The van der Waals surface area contributed by atoms with E-state index in [1.807, 2.05) is 17.8 Å². The SMILES string of the molecule is Cn1cc(CCNC(=O)Nc2ccc3nccnc3c2Br)c2ccc(F)cc21. The molecule has 2 aromatic heterocycles. The maximum atomic E-state index is 13.4. The molecule has 2 heterocycles. The highest BCUT2D eigenvalue weighted by molar-refractivity contribution is 9.10. The van der Waals surface area contributed by atoms with Crippen molar-refractivity contribution in [3.05, 3.63) is 64.8 Å². The van der Waals surface area contributed by atoms with Crippen molar-refractivity contribution in [2.75, 3.05) is 11.9 Å². The Labute approximate surface area is 168 Å². The van der Waals surface area contributed by atoms with Gasteiger partial charge < -0.3 is 15.2 Å². The Morgan fingerprint density at radius 2 is 2.04 bits per heavy atom. The molecule has 0 aliphatic carbocycles. The summed E-state index contributed by atoms with van der Waals surface area (Å²) < 4.78 is 16.0. The number of rotatable bonds is 4. The lowest BCUT2D eigenvalue weighted by Gasteiger charge is -2.10. The normalized spacial score (nSPS) is 11.1. The maximum absolute atomic E-state index is 13.4. The van der Waals surface area contributed by atoms with Crippen LogP contribution in [0, 0.1) is 5.82 Å². The molecule has 0 spiro atoms. The second kappa shape index (κ2) is 7.55. The van der Waals surface area contributed by atoms with E-state index < -0.39 is 0 Å². The lowest BCUT2D eigenvalue weighted by Crippen LogP contribution is -2.30. The number of nitrogens with zero attached hydrogens (tertiary/aromatic N) is 3.